The van der Waals surface area contributed by atoms with Gasteiger partial charge in [-0.15, -0.1) is 0 Å². The number of nitrogens with one attached hydrogen (secondary N) is 2. The molecule has 0 unspecified atom stereocenters. The molecule has 156 valence electrons. The predicted molar refractivity (Wildman–Crippen MR) is 121 cm³/mol. The van der Waals surface area contributed by atoms with Gasteiger partial charge in [-0.1, -0.05) is 6.07 Å². The summed E-state index contributed by atoms with van der Waals surface area (Å²) in [5, 5.41) is 17.3. The fourth-order valence-corrected chi connectivity index (χ4v) is 4.36. The molecule has 1 atom stereocenters. The zero-order chi connectivity index (χ0) is 21.2. The molecule has 2 aromatic heterocycles. The maximum Gasteiger partial charge on any atom is 0.337 e. The highest BCUT2D eigenvalue weighted by Gasteiger charge is 2.21. The molecule has 6 nitrogen and oxygen atoms in total. The lowest BCUT2D eigenvalue weighted by Gasteiger charge is -2.27. The van der Waals surface area contributed by atoms with Crippen LogP contribution in [0.2, 0.25) is 0 Å². The van der Waals surface area contributed by atoms with Gasteiger partial charge in [0, 0.05) is 41.5 Å². The topological polar surface area (TPSA) is 87.4 Å². The number of aromatic nitrogens is 1. The van der Waals surface area contributed by atoms with Crippen LogP contribution in [0.5, 0.6) is 0 Å². The summed E-state index contributed by atoms with van der Waals surface area (Å²) in [6.07, 6.45) is 8.02. The van der Waals surface area contributed by atoms with E-state index in [9.17, 15) is 9.90 Å². The highest BCUT2D eigenvalue weighted by molar-refractivity contribution is 5.93. The van der Waals surface area contributed by atoms with Crippen LogP contribution < -0.4 is 10.6 Å². The number of anilines is 3. The minimum absolute atomic E-state index is 0.249. The summed E-state index contributed by atoms with van der Waals surface area (Å²) in [5.41, 5.74) is 6.39. The summed E-state index contributed by atoms with van der Waals surface area (Å²) < 4.78 is 5.50. The summed E-state index contributed by atoms with van der Waals surface area (Å²) in [5.74, 6) is -0.614. The van der Waals surface area contributed by atoms with Crippen molar-refractivity contribution in [1.82, 2.24) is 4.98 Å². The van der Waals surface area contributed by atoms with Gasteiger partial charge in [0.15, 0.2) is 0 Å². The maximum absolute atomic E-state index is 11.4. The molecule has 1 aliphatic carbocycles. The van der Waals surface area contributed by atoms with Crippen molar-refractivity contribution in [3.8, 4) is 0 Å². The van der Waals surface area contributed by atoms with Crippen LogP contribution in [-0.2, 0) is 6.42 Å². The number of benzene rings is 2. The lowest BCUT2D eigenvalue weighted by atomic mass is 9.82. The number of furan rings is 1. The fraction of sp³-hybridized carbons (Fsp3) is 0.200. The van der Waals surface area contributed by atoms with Crippen molar-refractivity contribution < 1.29 is 14.3 Å². The molecule has 1 aliphatic rings. The van der Waals surface area contributed by atoms with E-state index in [2.05, 4.69) is 39.9 Å². The monoisotopic (exact) mass is 413 g/mol. The van der Waals surface area contributed by atoms with Crippen molar-refractivity contribution >= 4 is 34.0 Å². The molecule has 6 heteroatoms. The summed E-state index contributed by atoms with van der Waals surface area (Å²) >= 11 is 0. The maximum atomic E-state index is 11.4. The molecule has 4 aromatic rings. The Morgan fingerprint density at radius 2 is 2.00 bits per heavy atom. The molecule has 0 saturated carbocycles. The predicted octanol–water partition coefficient (Wildman–Crippen LogP) is 5.80. The number of aryl methyl sites for hydroxylation is 1. The fourth-order valence-electron chi connectivity index (χ4n) is 4.36. The molecule has 0 saturated heterocycles. The Morgan fingerprint density at radius 3 is 2.90 bits per heavy atom. The highest BCUT2D eigenvalue weighted by atomic mass is 16.4. The summed E-state index contributed by atoms with van der Waals surface area (Å²) in [6.45, 7) is 0.681. The van der Waals surface area contributed by atoms with Crippen molar-refractivity contribution in [3.63, 3.8) is 0 Å². The van der Waals surface area contributed by atoms with Gasteiger partial charge in [0.1, 0.15) is 5.58 Å². The van der Waals surface area contributed by atoms with Gasteiger partial charge in [-0.3, -0.25) is 4.98 Å². The van der Waals surface area contributed by atoms with Crippen molar-refractivity contribution in [2.24, 2.45) is 0 Å². The third kappa shape index (κ3) is 3.97. The molecule has 3 N–H and O–H groups in total. The van der Waals surface area contributed by atoms with Gasteiger partial charge in [-0.25, -0.2) is 4.79 Å². The second-order valence-electron chi connectivity index (χ2n) is 7.91. The van der Waals surface area contributed by atoms with Crippen molar-refractivity contribution in [2.75, 3.05) is 17.2 Å². The zero-order valence-corrected chi connectivity index (χ0v) is 17.0. The number of carbonyl (C=O) groups is 1. The molecule has 0 fully saturated rings. The Hall–Kier alpha value is -3.80. The lowest BCUT2D eigenvalue weighted by Crippen LogP contribution is -2.19. The second kappa shape index (κ2) is 8.14. The summed E-state index contributed by atoms with van der Waals surface area (Å²) in [7, 11) is 0. The first-order valence-electron chi connectivity index (χ1n) is 10.5. The smallest absolute Gasteiger partial charge is 0.337 e. The molecular weight excluding hydrogens is 390 g/mol. The quantitative estimate of drug-likeness (QED) is 0.370. The first-order valence-corrected chi connectivity index (χ1v) is 10.5. The standard InChI is InChI=1S/C25H23N3O3/c29-25(30)22-8-10-26-15-23(22)27-14-18-3-1-2-17-12-19(6-7-21(17)18)28-20-5-4-16-9-11-31-24(16)13-20/h4-13,15,18,27-28H,1-3,14H2,(H,29,30)/t18-/m0/s1. The molecule has 0 amide bonds. The largest absolute Gasteiger partial charge is 0.478 e. The minimum Gasteiger partial charge on any atom is -0.478 e. The van der Waals surface area contributed by atoms with E-state index in [4.69, 9.17) is 4.42 Å². The number of carboxylic acids is 1. The van der Waals surface area contributed by atoms with Crippen LogP contribution in [0.1, 0.15) is 40.2 Å². The second-order valence-corrected chi connectivity index (χ2v) is 7.91. The minimum atomic E-state index is -0.947. The Bertz CT molecular complexity index is 1250. The Morgan fingerprint density at radius 1 is 1.13 bits per heavy atom. The van der Waals surface area contributed by atoms with Crippen LogP contribution in [-0.4, -0.2) is 22.6 Å². The third-order valence-corrected chi connectivity index (χ3v) is 5.92. The molecule has 5 rings (SSSR count). The molecule has 0 spiro atoms. The van der Waals surface area contributed by atoms with Gasteiger partial charge >= 0.3 is 5.97 Å². The van der Waals surface area contributed by atoms with E-state index in [1.165, 1.54) is 23.4 Å². The number of hydrogen-bond donors (Lipinski definition) is 3. The van der Waals surface area contributed by atoms with Crippen LogP contribution in [0.15, 0.2) is 71.6 Å². The van der Waals surface area contributed by atoms with E-state index in [1.54, 1.807) is 12.5 Å². The molecular formula is C25H23N3O3. The first-order chi connectivity index (χ1) is 15.2. The average Bonchev–Trinajstić information content (AvgIpc) is 3.25. The van der Waals surface area contributed by atoms with Crippen molar-refractivity contribution in [1.29, 1.82) is 0 Å². The molecule has 2 aromatic carbocycles. The molecule has 0 aliphatic heterocycles. The number of nitrogens with zero attached hydrogens (tertiary/aromatic N) is 1. The van der Waals surface area contributed by atoms with E-state index in [0.29, 0.717) is 18.2 Å². The van der Waals surface area contributed by atoms with Crippen LogP contribution in [0, 0.1) is 0 Å². The number of aromatic carboxylic acids is 1. The number of rotatable bonds is 6. The Labute approximate surface area is 179 Å². The van der Waals surface area contributed by atoms with Crippen LogP contribution in [0.4, 0.5) is 17.1 Å². The molecule has 0 radical (unpaired) electrons. The van der Waals surface area contributed by atoms with E-state index >= 15 is 0 Å². The van der Waals surface area contributed by atoms with Crippen LogP contribution in [0.3, 0.4) is 0 Å². The molecule has 31 heavy (non-hydrogen) atoms. The van der Waals surface area contributed by atoms with Gasteiger partial charge < -0.3 is 20.2 Å². The SMILES string of the molecule is O=C(O)c1ccncc1NC[C@@H]1CCCc2cc(Nc3ccc4ccoc4c3)ccc21. The van der Waals surface area contributed by atoms with Gasteiger partial charge in [0.25, 0.3) is 0 Å². The van der Waals surface area contributed by atoms with Gasteiger partial charge in [-0.2, -0.15) is 0 Å². The number of carboxylic acid groups (broad SMARTS) is 1. The zero-order valence-electron chi connectivity index (χ0n) is 17.0. The number of hydrogen-bond acceptors (Lipinski definition) is 5. The van der Waals surface area contributed by atoms with E-state index in [0.717, 1.165) is 41.6 Å². The van der Waals surface area contributed by atoms with E-state index in [-0.39, 0.29) is 5.56 Å². The molecule has 0 bridgehead atoms. The van der Waals surface area contributed by atoms with E-state index in [1.807, 2.05) is 18.2 Å². The van der Waals surface area contributed by atoms with Crippen molar-refractivity contribution in [3.05, 3.63) is 83.9 Å². The normalized spacial score (nSPS) is 15.4. The Kier molecular flexibility index (Phi) is 5.04. The van der Waals surface area contributed by atoms with Crippen LogP contribution in [0.25, 0.3) is 11.0 Å². The van der Waals surface area contributed by atoms with Gasteiger partial charge in [-0.05, 0) is 66.8 Å². The average molecular weight is 413 g/mol. The molecule has 2 heterocycles. The number of pyridine rings is 1. The van der Waals surface area contributed by atoms with Gasteiger partial charge in [0.05, 0.1) is 23.7 Å². The lowest BCUT2D eigenvalue weighted by molar-refractivity contribution is 0.0697. The van der Waals surface area contributed by atoms with E-state index < -0.39 is 5.97 Å². The summed E-state index contributed by atoms with van der Waals surface area (Å²) in [4.78, 5) is 15.5. The van der Waals surface area contributed by atoms with Crippen LogP contribution >= 0.6 is 0 Å². The highest BCUT2D eigenvalue weighted by Crippen LogP contribution is 2.34. The number of fused-ring (bicyclic) bond motifs is 2. The Balaban J connectivity index is 1.32. The van der Waals surface area contributed by atoms with Gasteiger partial charge in [0.2, 0.25) is 0 Å². The van der Waals surface area contributed by atoms with Crippen molar-refractivity contribution in [2.45, 2.75) is 25.2 Å². The third-order valence-electron chi connectivity index (χ3n) is 5.92. The first kappa shape index (κ1) is 19.2. The summed E-state index contributed by atoms with van der Waals surface area (Å²) in [6, 6.07) is 16.1.